The van der Waals surface area contributed by atoms with Gasteiger partial charge in [0.05, 0.1) is 11.8 Å². The number of benzene rings is 1. The summed E-state index contributed by atoms with van der Waals surface area (Å²) in [5, 5.41) is 4.16. The van der Waals surface area contributed by atoms with Crippen LogP contribution in [0.3, 0.4) is 0 Å². The molecule has 0 radical (unpaired) electrons. The van der Waals surface area contributed by atoms with Gasteiger partial charge in [-0.25, -0.2) is 5.43 Å². The second kappa shape index (κ2) is 7.58. The molecule has 1 aromatic heterocycles. The van der Waals surface area contributed by atoms with Crippen LogP contribution >= 0.6 is 0 Å². The van der Waals surface area contributed by atoms with E-state index in [0.29, 0.717) is 11.6 Å². The molecule has 0 bridgehead atoms. The van der Waals surface area contributed by atoms with Crippen LogP contribution < -0.4 is 10.3 Å². The summed E-state index contributed by atoms with van der Waals surface area (Å²) < 4.78 is 0. The maximum Gasteiger partial charge on any atom is 0.271 e. The molecule has 3 rings (SSSR count). The number of fused-ring (bicyclic) bond motifs is 1. The lowest BCUT2D eigenvalue weighted by Gasteiger charge is -2.46. The number of carbonyl (C=O) groups excluding carboxylic acids is 1. The van der Waals surface area contributed by atoms with E-state index in [9.17, 15) is 4.79 Å². The fraction of sp³-hybridized carbons (Fsp3) is 0.348. The van der Waals surface area contributed by atoms with Crippen molar-refractivity contribution in [1.82, 2.24) is 10.4 Å². The quantitative estimate of drug-likeness (QED) is 0.628. The van der Waals surface area contributed by atoms with E-state index < -0.39 is 0 Å². The molecular formula is C23H28N4O. The first-order valence-electron chi connectivity index (χ1n) is 9.58. The predicted molar refractivity (Wildman–Crippen MR) is 116 cm³/mol. The number of anilines is 1. The van der Waals surface area contributed by atoms with Crippen molar-refractivity contribution < 1.29 is 4.79 Å². The van der Waals surface area contributed by atoms with Crippen molar-refractivity contribution in [3.8, 4) is 0 Å². The third kappa shape index (κ3) is 3.84. The third-order valence-corrected chi connectivity index (χ3v) is 5.09. The SMILES string of the molecule is CC1=CC(C)(C)N(C(C)C)c2cc(C)c(/C=N/NC(=O)c3ccncc3)cc21. The summed E-state index contributed by atoms with van der Waals surface area (Å²) in [7, 11) is 0. The molecular weight excluding hydrogens is 348 g/mol. The lowest BCUT2D eigenvalue weighted by atomic mass is 9.86. The minimum atomic E-state index is -0.252. The van der Waals surface area contributed by atoms with Crippen molar-refractivity contribution in [2.24, 2.45) is 5.10 Å². The van der Waals surface area contributed by atoms with Gasteiger partial charge in [0.1, 0.15) is 0 Å². The molecule has 0 aliphatic carbocycles. The van der Waals surface area contributed by atoms with E-state index in [1.54, 1.807) is 30.7 Å². The number of aromatic nitrogens is 1. The van der Waals surface area contributed by atoms with E-state index in [1.165, 1.54) is 16.8 Å². The van der Waals surface area contributed by atoms with E-state index in [4.69, 9.17) is 0 Å². The molecule has 1 aliphatic heterocycles. The van der Waals surface area contributed by atoms with Crippen LogP contribution in [0.2, 0.25) is 0 Å². The number of hydrogen-bond acceptors (Lipinski definition) is 4. The van der Waals surface area contributed by atoms with Gasteiger partial charge in [-0.3, -0.25) is 9.78 Å². The summed E-state index contributed by atoms with van der Waals surface area (Å²) in [6, 6.07) is 8.08. The number of allylic oxidation sites excluding steroid dienone is 1. The van der Waals surface area contributed by atoms with Crippen LogP contribution in [0, 0.1) is 6.92 Å². The summed E-state index contributed by atoms with van der Waals surface area (Å²) in [6.07, 6.45) is 7.20. The molecule has 1 aliphatic rings. The van der Waals surface area contributed by atoms with Gasteiger partial charge >= 0.3 is 0 Å². The van der Waals surface area contributed by atoms with Crippen molar-refractivity contribution in [1.29, 1.82) is 0 Å². The second-order valence-electron chi connectivity index (χ2n) is 8.11. The van der Waals surface area contributed by atoms with E-state index in [-0.39, 0.29) is 11.4 Å². The van der Waals surface area contributed by atoms with Crippen LogP contribution in [0.25, 0.3) is 5.57 Å². The van der Waals surface area contributed by atoms with Gasteiger partial charge in [0, 0.05) is 35.2 Å². The average molecular weight is 377 g/mol. The Morgan fingerprint density at radius 1 is 1.21 bits per heavy atom. The highest BCUT2D eigenvalue weighted by Crippen LogP contribution is 2.41. The van der Waals surface area contributed by atoms with Gasteiger partial charge in [-0.05, 0) is 82.5 Å². The summed E-state index contributed by atoms with van der Waals surface area (Å²) >= 11 is 0. The van der Waals surface area contributed by atoms with E-state index in [1.807, 2.05) is 0 Å². The Kier molecular flexibility index (Phi) is 5.36. The molecule has 0 unspecified atom stereocenters. The molecule has 1 amide bonds. The molecule has 0 saturated carbocycles. The molecule has 0 saturated heterocycles. The standard InChI is InChI=1S/C23H28N4O/c1-15(2)27-21-11-16(3)19(12-20(21)17(4)13-23(27,5)6)14-25-26-22(28)18-7-9-24-10-8-18/h7-15H,1-6H3,(H,26,28)/b25-14+. The van der Waals surface area contributed by atoms with E-state index >= 15 is 0 Å². The van der Waals surface area contributed by atoms with Crippen LogP contribution in [-0.4, -0.2) is 28.7 Å². The Morgan fingerprint density at radius 2 is 1.89 bits per heavy atom. The topological polar surface area (TPSA) is 57.6 Å². The van der Waals surface area contributed by atoms with Crippen molar-refractivity contribution in [3.63, 3.8) is 0 Å². The summed E-state index contributed by atoms with van der Waals surface area (Å²) in [6.45, 7) is 13.2. The molecule has 2 heterocycles. The number of hydrogen-bond donors (Lipinski definition) is 1. The monoisotopic (exact) mass is 376 g/mol. The van der Waals surface area contributed by atoms with Gasteiger partial charge in [0.15, 0.2) is 0 Å². The number of nitrogens with one attached hydrogen (secondary N) is 1. The van der Waals surface area contributed by atoms with Crippen LogP contribution in [0.1, 0.15) is 61.7 Å². The average Bonchev–Trinajstić information content (AvgIpc) is 2.62. The van der Waals surface area contributed by atoms with E-state index in [0.717, 1.165) is 11.1 Å². The second-order valence-corrected chi connectivity index (χ2v) is 8.11. The molecule has 5 heteroatoms. The van der Waals surface area contributed by atoms with Gasteiger partial charge in [0.2, 0.25) is 0 Å². The Bertz CT molecular complexity index is 943. The highest BCUT2D eigenvalue weighted by atomic mass is 16.2. The lowest BCUT2D eigenvalue weighted by Crippen LogP contribution is -2.49. The molecule has 2 aromatic rings. The van der Waals surface area contributed by atoms with Gasteiger partial charge in [0.25, 0.3) is 5.91 Å². The number of carbonyl (C=O) groups is 1. The largest absolute Gasteiger partial charge is 0.360 e. The zero-order valence-corrected chi connectivity index (χ0v) is 17.4. The molecule has 0 fully saturated rings. The number of aryl methyl sites for hydroxylation is 1. The Labute approximate surface area is 167 Å². The fourth-order valence-electron chi connectivity index (χ4n) is 4.02. The zero-order chi connectivity index (χ0) is 20.5. The first-order chi connectivity index (χ1) is 13.2. The van der Waals surface area contributed by atoms with Gasteiger partial charge in [-0.1, -0.05) is 6.08 Å². The number of hydrazone groups is 1. The zero-order valence-electron chi connectivity index (χ0n) is 17.4. The molecule has 1 N–H and O–H groups in total. The number of pyridine rings is 1. The maximum absolute atomic E-state index is 12.1. The minimum Gasteiger partial charge on any atom is -0.360 e. The summed E-state index contributed by atoms with van der Waals surface area (Å²) in [5.74, 6) is -0.252. The molecule has 0 spiro atoms. The third-order valence-electron chi connectivity index (χ3n) is 5.09. The van der Waals surface area contributed by atoms with Crippen LogP contribution in [0.15, 0.2) is 47.8 Å². The smallest absolute Gasteiger partial charge is 0.271 e. The first kappa shape index (κ1) is 19.8. The number of amides is 1. The van der Waals surface area contributed by atoms with Gasteiger partial charge in [-0.15, -0.1) is 0 Å². The van der Waals surface area contributed by atoms with Crippen LogP contribution in [-0.2, 0) is 0 Å². The number of nitrogens with zero attached hydrogens (tertiary/aromatic N) is 3. The van der Waals surface area contributed by atoms with Crippen molar-refractivity contribution in [2.75, 3.05) is 4.90 Å². The normalized spacial score (nSPS) is 15.5. The predicted octanol–water partition coefficient (Wildman–Crippen LogP) is 4.56. The van der Waals surface area contributed by atoms with Crippen LogP contribution in [0.4, 0.5) is 5.69 Å². The Morgan fingerprint density at radius 3 is 2.54 bits per heavy atom. The minimum absolute atomic E-state index is 0.0359. The maximum atomic E-state index is 12.1. The Balaban J connectivity index is 1.89. The van der Waals surface area contributed by atoms with Gasteiger partial charge < -0.3 is 4.90 Å². The molecule has 146 valence electrons. The van der Waals surface area contributed by atoms with Crippen molar-refractivity contribution in [3.05, 3.63) is 65.0 Å². The molecule has 1 aromatic carbocycles. The summed E-state index contributed by atoms with van der Waals surface area (Å²) in [5.41, 5.74) is 8.90. The van der Waals surface area contributed by atoms with Crippen molar-refractivity contribution >= 4 is 23.4 Å². The first-order valence-corrected chi connectivity index (χ1v) is 9.58. The summed E-state index contributed by atoms with van der Waals surface area (Å²) in [4.78, 5) is 18.5. The Hall–Kier alpha value is -2.95. The molecule has 5 nitrogen and oxygen atoms in total. The lowest BCUT2D eigenvalue weighted by molar-refractivity contribution is 0.0955. The molecule has 0 atom stereocenters. The molecule has 28 heavy (non-hydrogen) atoms. The van der Waals surface area contributed by atoms with Crippen molar-refractivity contribution in [2.45, 2.75) is 53.1 Å². The van der Waals surface area contributed by atoms with E-state index in [2.05, 4.69) is 80.2 Å². The highest BCUT2D eigenvalue weighted by Gasteiger charge is 2.33. The number of rotatable bonds is 4. The van der Waals surface area contributed by atoms with Gasteiger partial charge in [-0.2, -0.15) is 5.10 Å². The van der Waals surface area contributed by atoms with Crippen LogP contribution in [0.5, 0.6) is 0 Å². The highest BCUT2D eigenvalue weighted by molar-refractivity contribution is 5.95. The fourth-order valence-corrected chi connectivity index (χ4v) is 4.02.